The minimum Gasteiger partial charge on any atom is -0.444 e. The number of pyridine rings is 1. The number of nitrogens with one attached hydrogen (secondary N) is 1. The number of nitrogens with zero attached hydrogens (tertiary/aromatic N) is 3. The summed E-state index contributed by atoms with van der Waals surface area (Å²) < 4.78 is 7.10. The second kappa shape index (κ2) is 6.29. The summed E-state index contributed by atoms with van der Waals surface area (Å²) in [4.78, 5) is 32.7. The van der Waals surface area contributed by atoms with Gasteiger partial charge in [-0.15, -0.1) is 0 Å². The van der Waals surface area contributed by atoms with Gasteiger partial charge in [0.25, 0.3) is 0 Å². The van der Waals surface area contributed by atoms with Crippen LogP contribution < -0.4 is 5.32 Å². The molecule has 3 heterocycles. The van der Waals surface area contributed by atoms with Crippen LogP contribution in [0.3, 0.4) is 0 Å². The van der Waals surface area contributed by atoms with E-state index in [4.69, 9.17) is 4.74 Å². The van der Waals surface area contributed by atoms with Crippen molar-refractivity contribution in [1.82, 2.24) is 14.4 Å². The molecule has 8 heteroatoms. The van der Waals surface area contributed by atoms with Gasteiger partial charge in [0, 0.05) is 19.3 Å². The highest BCUT2D eigenvalue weighted by Crippen LogP contribution is 2.32. The van der Waals surface area contributed by atoms with E-state index in [0.717, 1.165) is 5.65 Å². The molecule has 3 aromatic heterocycles. The molecule has 0 saturated heterocycles. The van der Waals surface area contributed by atoms with Gasteiger partial charge in [-0.25, -0.2) is 14.8 Å². The molecule has 3 aromatic rings. The van der Waals surface area contributed by atoms with E-state index in [-0.39, 0.29) is 11.5 Å². The van der Waals surface area contributed by atoms with Crippen LogP contribution in [-0.4, -0.2) is 31.8 Å². The van der Waals surface area contributed by atoms with Crippen LogP contribution >= 0.6 is 11.3 Å². The Bertz CT molecular complexity index is 919. The van der Waals surface area contributed by atoms with Crippen molar-refractivity contribution in [2.75, 3.05) is 5.32 Å². The molecule has 7 nitrogen and oxygen atoms in total. The van der Waals surface area contributed by atoms with Gasteiger partial charge in [0.15, 0.2) is 5.78 Å². The first-order valence-electron chi connectivity index (χ1n) is 7.69. The number of hydrogen-bond donors (Lipinski definition) is 1. The molecule has 0 radical (unpaired) electrons. The monoisotopic (exact) mass is 358 g/mol. The second-order valence-electron chi connectivity index (χ2n) is 6.47. The summed E-state index contributed by atoms with van der Waals surface area (Å²) in [6, 6.07) is 5.67. The van der Waals surface area contributed by atoms with Gasteiger partial charge in [0.05, 0.1) is 0 Å². The third-order valence-corrected chi connectivity index (χ3v) is 4.15. The molecule has 1 N–H and O–H groups in total. The first-order valence-corrected chi connectivity index (χ1v) is 8.50. The van der Waals surface area contributed by atoms with Gasteiger partial charge in [-0.3, -0.25) is 10.1 Å². The molecule has 25 heavy (non-hydrogen) atoms. The number of thiazole rings is 1. The van der Waals surface area contributed by atoms with Gasteiger partial charge in [-0.2, -0.15) is 0 Å². The van der Waals surface area contributed by atoms with Crippen molar-refractivity contribution in [2.45, 2.75) is 33.3 Å². The van der Waals surface area contributed by atoms with Crippen molar-refractivity contribution in [3.05, 3.63) is 36.3 Å². The fraction of sp³-hybridized carbons (Fsp3) is 0.294. The van der Waals surface area contributed by atoms with Crippen LogP contribution in [-0.2, 0) is 4.74 Å². The molecule has 3 rings (SSSR count). The van der Waals surface area contributed by atoms with Gasteiger partial charge < -0.3 is 9.14 Å². The normalized spacial score (nSPS) is 11.5. The van der Waals surface area contributed by atoms with Crippen molar-refractivity contribution in [3.8, 4) is 10.7 Å². The van der Waals surface area contributed by atoms with Gasteiger partial charge in [-0.05, 0) is 32.9 Å². The quantitative estimate of drug-likeness (QED) is 0.715. The van der Waals surface area contributed by atoms with E-state index in [1.165, 1.54) is 18.3 Å². The number of carbonyl (C=O) groups is 2. The fourth-order valence-electron chi connectivity index (χ4n) is 2.19. The molecular formula is C17H18N4O3S. The maximum atomic E-state index is 12.0. The van der Waals surface area contributed by atoms with Crippen LogP contribution in [0.15, 0.2) is 30.6 Å². The molecule has 0 aliphatic carbocycles. The van der Waals surface area contributed by atoms with Crippen molar-refractivity contribution < 1.29 is 14.3 Å². The average Bonchev–Trinajstić information content (AvgIpc) is 3.08. The number of rotatable bonds is 3. The highest BCUT2D eigenvalue weighted by atomic mass is 32.1. The number of ketones is 1. The van der Waals surface area contributed by atoms with E-state index in [1.807, 2.05) is 35.0 Å². The highest BCUT2D eigenvalue weighted by Gasteiger charge is 2.22. The number of carbonyl (C=O) groups excluding carboxylic acids is 2. The van der Waals surface area contributed by atoms with Crippen LogP contribution in [0.25, 0.3) is 16.3 Å². The largest absolute Gasteiger partial charge is 0.444 e. The zero-order valence-electron chi connectivity index (χ0n) is 14.4. The minimum atomic E-state index is -0.629. The molecular weight excluding hydrogens is 340 g/mol. The molecule has 0 fully saturated rings. The fourth-order valence-corrected chi connectivity index (χ4v) is 3.14. The van der Waals surface area contributed by atoms with Crippen molar-refractivity contribution in [3.63, 3.8) is 0 Å². The Balaban J connectivity index is 1.94. The number of Topliss-reactive ketones (excluding diaryl/α,β-unsaturated/α-hetero) is 1. The van der Waals surface area contributed by atoms with Gasteiger partial charge in [-0.1, -0.05) is 17.4 Å². The van der Waals surface area contributed by atoms with E-state index in [0.29, 0.717) is 15.7 Å². The Labute approximate surface area is 148 Å². The Morgan fingerprint density at radius 3 is 2.64 bits per heavy atom. The number of hydrogen-bond acceptors (Lipinski definition) is 6. The van der Waals surface area contributed by atoms with Crippen LogP contribution in [0, 0.1) is 0 Å². The predicted molar refractivity (Wildman–Crippen MR) is 96.2 cm³/mol. The van der Waals surface area contributed by atoms with Crippen molar-refractivity contribution in [2.24, 2.45) is 0 Å². The molecule has 1 amide bonds. The van der Waals surface area contributed by atoms with Gasteiger partial charge in [0.2, 0.25) is 0 Å². The predicted octanol–water partition coefficient (Wildman–Crippen LogP) is 4.01. The maximum Gasteiger partial charge on any atom is 0.412 e. The van der Waals surface area contributed by atoms with E-state index >= 15 is 0 Å². The summed E-state index contributed by atoms with van der Waals surface area (Å²) in [5, 5.41) is 3.52. The lowest BCUT2D eigenvalue weighted by atomic mass is 10.2. The SMILES string of the molecule is CC(=O)c1nc(-c2cn3ccccc3n2)sc1NC(=O)OC(C)(C)C. The number of ether oxygens (including phenoxy) is 1. The third kappa shape index (κ3) is 3.85. The Morgan fingerprint density at radius 1 is 1.24 bits per heavy atom. The van der Waals surface area contributed by atoms with Crippen LogP contribution in [0.5, 0.6) is 0 Å². The summed E-state index contributed by atoms with van der Waals surface area (Å²) >= 11 is 1.19. The molecule has 0 unspecified atom stereocenters. The van der Waals surface area contributed by atoms with E-state index < -0.39 is 11.7 Å². The zero-order valence-corrected chi connectivity index (χ0v) is 15.2. The Morgan fingerprint density at radius 2 is 2.00 bits per heavy atom. The minimum absolute atomic E-state index is 0.197. The highest BCUT2D eigenvalue weighted by molar-refractivity contribution is 7.19. The van der Waals surface area contributed by atoms with E-state index in [9.17, 15) is 9.59 Å². The summed E-state index contributed by atoms with van der Waals surface area (Å²) in [6.07, 6.45) is 3.08. The van der Waals surface area contributed by atoms with Crippen LogP contribution in [0.2, 0.25) is 0 Å². The molecule has 0 aromatic carbocycles. The number of aromatic nitrogens is 3. The number of imidazole rings is 1. The number of amides is 1. The van der Waals surface area contributed by atoms with Gasteiger partial charge >= 0.3 is 6.09 Å². The molecule has 0 bridgehead atoms. The number of fused-ring (bicyclic) bond motifs is 1. The van der Waals surface area contributed by atoms with Crippen molar-refractivity contribution in [1.29, 1.82) is 0 Å². The summed E-state index contributed by atoms with van der Waals surface area (Å²) in [6.45, 7) is 6.72. The topological polar surface area (TPSA) is 85.6 Å². The summed E-state index contributed by atoms with van der Waals surface area (Å²) in [5.41, 5.74) is 0.979. The smallest absolute Gasteiger partial charge is 0.412 e. The number of anilines is 1. The molecule has 0 spiro atoms. The lowest BCUT2D eigenvalue weighted by molar-refractivity contribution is 0.0636. The standard InChI is InChI=1S/C17H18N4O3S/c1-10(22)13-15(20-16(23)24-17(2,3)4)25-14(19-13)11-9-21-8-6-5-7-12(21)18-11/h5-9H,1-4H3,(H,20,23). The molecule has 0 aliphatic rings. The van der Waals surface area contributed by atoms with Crippen molar-refractivity contribution >= 4 is 33.9 Å². The summed E-state index contributed by atoms with van der Waals surface area (Å²) in [5.74, 6) is -0.239. The average molecular weight is 358 g/mol. The first-order chi connectivity index (χ1) is 11.7. The van der Waals surface area contributed by atoms with Crippen LogP contribution in [0.1, 0.15) is 38.2 Å². The van der Waals surface area contributed by atoms with Crippen LogP contribution in [0.4, 0.5) is 9.80 Å². The lowest BCUT2D eigenvalue weighted by Gasteiger charge is -2.19. The van der Waals surface area contributed by atoms with Gasteiger partial charge in [0.1, 0.15) is 32.6 Å². The molecule has 130 valence electrons. The zero-order chi connectivity index (χ0) is 18.2. The second-order valence-corrected chi connectivity index (χ2v) is 7.47. The van der Waals surface area contributed by atoms with E-state index in [2.05, 4.69) is 15.3 Å². The molecule has 0 saturated carbocycles. The molecule has 0 atom stereocenters. The Hall–Kier alpha value is -2.74. The summed E-state index contributed by atoms with van der Waals surface area (Å²) in [7, 11) is 0. The first kappa shape index (κ1) is 17.1. The molecule has 0 aliphatic heterocycles. The van der Waals surface area contributed by atoms with E-state index in [1.54, 1.807) is 20.8 Å². The maximum absolute atomic E-state index is 12.0. The lowest BCUT2D eigenvalue weighted by Crippen LogP contribution is -2.27. The Kier molecular flexibility index (Phi) is 4.30. The third-order valence-electron chi connectivity index (χ3n) is 3.16.